The lowest BCUT2D eigenvalue weighted by molar-refractivity contribution is 0.670. The third-order valence-corrected chi connectivity index (χ3v) is 12.4. The van der Waals surface area contributed by atoms with E-state index in [-0.39, 0.29) is 0 Å². The molecular weight excluding hydrogens is 729 g/mol. The summed E-state index contributed by atoms with van der Waals surface area (Å²) in [7, 11) is 0. The van der Waals surface area contributed by atoms with Gasteiger partial charge in [-0.15, -0.1) is 0 Å². The van der Waals surface area contributed by atoms with Crippen molar-refractivity contribution in [2.24, 2.45) is 0 Å². The van der Waals surface area contributed by atoms with Crippen LogP contribution >= 0.6 is 0 Å². The van der Waals surface area contributed by atoms with Crippen LogP contribution in [0.1, 0.15) is 22.3 Å². The molecule has 9 aromatic carbocycles. The quantitative estimate of drug-likeness (QED) is 0.169. The molecule has 0 radical (unpaired) electrons. The molecule has 0 fully saturated rings. The van der Waals surface area contributed by atoms with Crippen LogP contribution in [0.2, 0.25) is 0 Å². The molecule has 0 saturated heterocycles. The van der Waals surface area contributed by atoms with Gasteiger partial charge < -0.3 is 4.42 Å². The third-order valence-electron chi connectivity index (χ3n) is 12.4. The predicted octanol–water partition coefficient (Wildman–Crippen LogP) is 14.6. The molecule has 0 spiro atoms. The van der Waals surface area contributed by atoms with Gasteiger partial charge in [-0.25, -0.2) is 9.97 Å². The molecule has 11 aromatic rings. The Morgan fingerprint density at radius 1 is 0.350 bits per heavy atom. The number of furan rings is 1. The van der Waals surface area contributed by atoms with Crippen LogP contribution in [-0.4, -0.2) is 9.97 Å². The molecule has 2 aromatic heterocycles. The second-order valence-corrected chi connectivity index (χ2v) is 15.6. The van der Waals surface area contributed by atoms with Crippen LogP contribution in [0.25, 0.3) is 88.9 Å². The minimum atomic E-state index is -0.528. The summed E-state index contributed by atoms with van der Waals surface area (Å²) in [5.41, 5.74) is 15.4. The van der Waals surface area contributed by atoms with Crippen molar-refractivity contribution in [3.8, 4) is 56.2 Å². The van der Waals surface area contributed by atoms with Gasteiger partial charge in [0, 0.05) is 33.0 Å². The number of para-hydroxylation sites is 2. The van der Waals surface area contributed by atoms with Crippen molar-refractivity contribution in [1.82, 2.24) is 9.97 Å². The van der Waals surface area contributed by atoms with E-state index in [4.69, 9.17) is 14.4 Å². The molecule has 2 heterocycles. The first-order chi connectivity index (χ1) is 29.7. The van der Waals surface area contributed by atoms with Crippen molar-refractivity contribution in [2.45, 2.75) is 5.41 Å². The molecule has 60 heavy (non-hydrogen) atoms. The fraction of sp³-hybridized carbons (Fsp3) is 0.0175. The van der Waals surface area contributed by atoms with Crippen molar-refractivity contribution >= 4 is 32.7 Å². The topological polar surface area (TPSA) is 38.9 Å². The maximum absolute atomic E-state index is 6.58. The zero-order valence-corrected chi connectivity index (χ0v) is 32.6. The maximum atomic E-state index is 6.58. The highest BCUT2D eigenvalue weighted by Gasteiger charge is 2.46. The molecule has 0 amide bonds. The van der Waals surface area contributed by atoms with Crippen LogP contribution in [0.5, 0.6) is 0 Å². The summed E-state index contributed by atoms with van der Waals surface area (Å²) in [4.78, 5) is 10.8. The van der Waals surface area contributed by atoms with Crippen LogP contribution in [0.4, 0.5) is 0 Å². The Hall–Kier alpha value is -7.88. The first kappa shape index (κ1) is 34.2. The lowest BCUT2D eigenvalue weighted by Gasteiger charge is -2.34. The van der Waals surface area contributed by atoms with Gasteiger partial charge in [0.05, 0.1) is 16.8 Å². The van der Waals surface area contributed by atoms with E-state index in [2.05, 4.69) is 206 Å². The SMILES string of the molecule is c1ccc(C2(c3ccccc3)c3ccccc3-c3ccc(-c4cc(-c5ccccc5-c5cccc6c5oc5ccccc56)nc(-c5ccc6ccccc6c5)n4)cc32)cc1. The zero-order chi connectivity index (χ0) is 39.6. The van der Waals surface area contributed by atoms with Crippen LogP contribution in [0.15, 0.2) is 223 Å². The van der Waals surface area contributed by atoms with E-state index in [1.807, 2.05) is 12.1 Å². The number of benzene rings is 9. The molecule has 1 aliphatic rings. The van der Waals surface area contributed by atoms with Gasteiger partial charge in [-0.1, -0.05) is 194 Å². The van der Waals surface area contributed by atoms with Gasteiger partial charge in [-0.3, -0.25) is 0 Å². The molecule has 0 saturated carbocycles. The summed E-state index contributed by atoms with van der Waals surface area (Å²) in [6.45, 7) is 0. The van der Waals surface area contributed by atoms with E-state index in [0.717, 1.165) is 66.5 Å². The fourth-order valence-corrected chi connectivity index (χ4v) is 9.69. The largest absolute Gasteiger partial charge is 0.455 e. The number of aromatic nitrogens is 2. The zero-order valence-electron chi connectivity index (χ0n) is 32.6. The van der Waals surface area contributed by atoms with E-state index >= 15 is 0 Å². The van der Waals surface area contributed by atoms with E-state index in [1.165, 1.54) is 38.8 Å². The Kier molecular flexibility index (Phi) is 7.76. The molecular formula is C57H36N2O. The smallest absolute Gasteiger partial charge is 0.160 e. The molecule has 12 rings (SSSR count). The average Bonchev–Trinajstić information content (AvgIpc) is 3.86. The van der Waals surface area contributed by atoms with Crippen LogP contribution in [-0.2, 0) is 5.41 Å². The Morgan fingerprint density at radius 3 is 1.77 bits per heavy atom. The van der Waals surface area contributed by atoms with Gasteiger partial charge in [0.1, 0.15) is 11.2 Å². The molecule has 3 nitrogen and oxygen atoms in total. The summed E-state index contributed by atoms with van der Waals surface area (Å²) >= 11 is 0. The number of hydrogen-bond donors (Lipinski definition) is 0. The van der Waals surface area contributed by atoms with Gasteiger partial charge >= 0.3 is 0 Å². The molecule has 0 N–H and O–H groups in total. The molecule has 0 atom stereocenters. The fourth-order valence-electron chi connectivity index (χ4n) is 9.69. The van der Waals surface area contributed by atoms with E-state index in [0.29, 0.717) is 5.82 Å². The Labute approximate surface area is 347 Å². The Balaban J connectivity index is 1.11. The summed E-state index contributed by atoms with van der Waals surface area (Å²) < 4.78 is 6.58. The van der Waals surface area contributed by atoms with E-state index in [9.17, 15) is 0 Å². The Morgan fingerprint density at radius 2 is 0.950 bits per heavy atom. The molecule has 0 aliphatic heterocycles. The highest BCUT2D eigenvalue weighted by atomic mass is 16.3. The normalized spacial score (nSPS) is 12.8. The van der Waals surface area contributed by atoms with E-state index in [1.54, 1.807) is 0 Å². The molecule has 280 valence electrons. The van der Waals surface area contributed by atoms with Crippen LogP contribution < -0.4 is 0 Å². The van der Waals surface area contributed by atoms with Crippen molar-refractivity contribution < 1.29 is 4.42 Å². The first-order valence-electron chi connectivity index (χ1n) is 20.5. The average molecular weight is 765 g/mol. The number of hydrogen-bond acceptors (Lipinski definition) is 3. The monoisotopic (exact) mass is 764 g/mol. The van der Waals surface area contributed by atoms with E-state index < -0.39 is 5.41 Å². The Bertz CT molecular complexity index is 3400. The van der Waals surface area contributed by atoms with Gasteiger partial charge in [-0.2, -0.15) is 0 Å². The number of rotatable bonds is 6. The van der Waals surface area contributed by atoms with Crippen LogP contribution in [0.3, 0.4) is 0 Å². The highest BCUT2D eigenvalue weighted by Crippen LogP contribution is 2.56. The predicted molar refractivity (Wildman–Crippen MR) is 246 cm³/mol. The number of nitrogens with zero attached hydrogens (tertiary/aromatic N) is 2. The molecule has 1 aliphatic carbocycles. The van der Waals surface area contributed by atoms with Gasteiger partial charge in [-0.05, 0) is 74.0 Å². The maximum Gasteiger partial charge on any atom is 0.160 e. The third kappa shape index (κ3) is 5.23. The summed E-state index contributed by atoms with van der Waals surface area (Å²) in [6.07, 6.45) is 0. The number of fused-ring (bicyclic) bond motifs is 7. The lowest BCUT2D eigenvalue weighted by Crippen LogP contribution is -2.28. The molecule has 3 heteroatoms. The lowest BCUT2D eigenvalue weighted by atomic mass is 9.67. The second kappa shape index (κ2) is 13.6. The van der Waals surface area contributed by atoms with Crippen molar-refractivity contribution in [2.75, 3.05) is 0 Å². The minimum Gasteiger partial charge on any atom is -0.455 e. The molecule has 0 unspecified atom stereocenters. The standard InChI is InChI=1S/C57H36N2O/c1-3-18-41(19-4-1)57(42-20-5-2-6-21-42)50-28-13-11-23-44(50)45-33-32-39(35-51(45)57)52-36-53(59-56(58-52)40-31-30-37-16-7-8-17-38(37)34-40)46-24-10-9-22-43(46)48-26-15-27-49-47-25-12-14-29-54(47)60-55(48)49/h1-36H. The van der Waals surface area contributed by atoms with Gasteiger partial charge in [0.25, 0.3) is 0 Å². The molecule has 0 bridgehead atoms. The summed E-state index contributed by atoms with van der Waals surface area (Å²) in [5, 5.41) is 4.53. The minimum absolute atomic E-state index is 0.528. The van der Waals surface area contributed by atoms with Crippen LogP contribution in [0, 0.1) is 0 Å². The summed E-state index contributed by atoms with van der Waals surface area (Å²) in [5.74, 6) is 0.672. The second-order valence-electron chi connectivity index (χ2n) is 15.6. The van der Waals surface area contributed by atoms with Crippen molar-refractivity contribution in [3.63, 3.8) is 0 Å². The van der Waals surface area contributed by atoms with Crippen molar-refractivity contribution in [1.29, 1.82) is 0 Å². The summed E-state index contributed by atoms with van der Waals surface area (Å²) in [6, 6.07) is 78.0. The highest BCUT2D eigenvalue weighted by molar-refractivity contribution is 6.10. The first-order valence-corrected chi connectivity index (χ1v) is 20.5. The van der Waals surface area contributed by atoms with Gasteiger partial charge in [0.2, 0.25) is 0 Å². The van der Waals surface area contributed by atoms with Crippen molar-refractivity contribution in [3.05, 3.63) is 241 Å². The van der Waals surface area contributed by atoms with Gasteiger partial charge in [0.15, 0.2) is 5.82 Å².